The van der Waals surface area contributed by atoms with Crippen molar-refractivity contribution in [1.29, 1.82) is 0 Å². The SMILES string of the molecule is Nc1ccc(O)c2c1C(=O)c1c(N)cc(-c3cccs3)c(O)c1C2=O. The first kappa shape index (κ1) is 15.2. The monoisotopic (exact) mass is 352 g/mol. The number of phenolic OH excluding ortho intramolecular Hbond substituents is 2. The van der Waals surface area contributed by atoms with Crippen LogP contribution in [0.4, 0.5) is 11.4 Å². The summed E-state index contributed by atoms with van der Waals surface area (Å²) in [6.07, 6.45) is 0. The number of rotatable bonds is 1. The molecule has 2 aromatic carbocycles. The number of carbonyl (C=O) groups is 2. The van der Waals surface area contributed by atoms with E-state index in [2.05, 4.69) is 0 Å². The van der Waals surface area contributed by atoms with Crippen LogP contribution in [0.15, 0.2) is 35.7 Å². The van der Waals surface area contributed by atoms with Crippen LogP contribution in [0.25, 0.3) is 10.4 Å². The first-order valence-electron chi connectivity index (χ1n) is 7.32. The molecule has 0 radical (unpaired) electrons. The average molecular weight is 352 g/mol. The van der Waals surface area contributed by atoms with Gasteiger partial charge in [-0.3, -0.25) is 9.59 Å². The molecule has 25 heavy (non-hydrogen) atoms. The molecule has 0 saturated heterocycles. The Morgan fingerprint density at radius 3 is 2.20 bits per heavy atom. The van der Waals surface area contributed by atoms with Gasteiger partial charge in [0, 0.05) is 21.8 Å². The lowest BCUT2D eigenvalue weighted by atomic mass is 9.80. The van der Waals surface area contributed by atoms with E-state index in [-0.39, 0.29) is 45.1 Å². The van der Waals surface area contributed by atoms with E-state index in [9.17, 15) is 19.8 Å². The van der Waals surface area contributed by atoms with E-state index in [0.29, 0.717) is 10.4 Å². The molecule has 1 heterocycles. The lowest BCUT2D eigenvalue weighted by Crippen LogP contribution is -2.24. The van der Waals surface area contributed by atoms with Crippen LogP contribution in [0.5, 0.6) is 11.5 Å². The summed E-state index contributed by atoms with van der Waals surface area (Å²) in [5.41, 5.74) is 11.8. The van der Waals surface area contributed by atoms with Gasteiger partial charge >= 0.3 is 0 Å². The van der Waals surface area contributed by atoms with Gasteiger partial charge in [0.25, 0.3) is 0 Å². The number of hydrogen-bond acceptors (Lipinski definition) is 7. The summed E-state index contributed by atoms with van der Waals surface area (Å²) < 4.78 is 0. The number of carbonyl (C=O) groups excluding carboxylic acids is 2. The lowest BCUT2D eigenvalue weighted by Gasteiger charge is -2.23. The van der Waals surface area contributed by atoms with Crippen molar-refractivity contribution in [3.8, 4) is 21.9 Å². The largest absolute Gasteiger partial charge is 0.507 e. The Hall–Kier alpha value is -3.32. The van der Waals surface area contributed by atoms with Crippen molar-refractivity contribution in [1.82, 2.24) is 0 Å². The predicted molar refractivity (Wildman–Crippen MR) is 95.2 cm³/mol. The number of phenols is 2. The minimum Gasteiger partial charge on any atom is -0.507 e. The summed E-state index contributed by atoms with van der Waals surface area (Å²) in [7, 11) is 0. The Balaban J connectivity index is 2.09. The Labute approximate surface area is 146 Å². The number of aromatic hydroxyl groups is 2. The van der Waals surface area contributed by atoms with E-state index in [4.69, 9.17) is 11.5 Å². The van der Waals surface area contributed by atoms with Crippen LogP contribution in [0, 0.1) is 0 Å². The zero-order valence-corrected chi connectivity index (χ0v) is 13.6. The number of benzene rings is 2. The number of thiophene rings is 1. The Kier molecular flexibility index (Phi) is 3.10. The van der Waals surface area contributed by atoms with Crippen molar-refractivity contribution in [3.63, 3.8) is 0 Å². The third kappa shape index (κ3) is 1.96. The summed E-state index contributed by atoms with van der Waals surface area (Å²) in [4.78, 5) is 26.5. The first-order valence-corrected chi connectivity index (χ1v) is 8.20. The maximum Gasteiger partial charge on any atom is 0.202 e. The maximum absolute atomic E-state index is 12.9. The molecule has 0 aliphatic heterocycles. The molecule has 0 unspecified atom stereocenters. The van der Waals surface area contributed by atoms with Gasteiger partial charge in [0.2, 0.25) is 5.78 Å². The van der Waals surface area contributed by atoms with Gasteiger partial charge in [-0.15, -0.1) is 11.3 Å². The summed E-state index contributed by atoms with van der Waals surface area (Å²) in [5.74, 6) is -1.98. The average Bonchev–Trinajstić information content (AvgIpc) is 3.10. The molecule has 4 rings (SSSR count). The molecule has 0 saturated carbocycles. The molecule has 1 aliphatic carbocycles. The van der Waals surface area contributed by atoms with Crippen molar-refractivity contribution >= 4 is 34.3 Å². The second-order valence-corrected chi connectivity index (χ2v) is 6.62. The molecule has 0 amide bonds. The van der Waals surface area contributed by atoms with Crippen LogP contribution in [-0.4, -0.2) is 21.8 Å². The minimum atomic E-state index is -0.683. The van der Waals surface area contributed by atoms with Gasteiger partial charge in [-0.1, -0.05) is 6.07 Å². The van der Waals surface area contributed by atoms with Gasteiger partial charge in [-0.25, -0.2) is 0 Å². The highest BCUT2D eigenvalue weighted by Gasteiger charge is 2.38. The standard InChI is InChI=1S/C18H12N2O4S/c19-8-3-4-10(21)14-12(8)17(23)13-9(20)6-7(11-2-1-5-25-11)16(22)15(13)18(14)24/h1-6,21-22H,19-20H2. The Bertz CT molecular complexity index is 1070. The fourth-order valence-corrected chi connectivity index (χ4v) is 3.85. The smallest absolute Gasteiger partial charge is 0.202 e. The number of anilines is 2. The molecule has 6 N–H and O–H groups in total. The number of hydrogen-bond donors (Lipinski definition) is 4. The van der Waals surface area contributed by atoms with Crippen LogP contribution < -0.4 is 11.5 Å². The fourth-order valence-electron chi connectivity index (χ4n) is 3.11. The molecule has 0 atom stereocenters. The topological polar surface area (TPSA) is 127 Å². The predicted octanol–water partition coefficient (Wildman–Crippen LogP) is 2.77. The second kappa shape index (κ2) is 5.09. The Morgan fingerprint density at radius 1 is 0.840 bits per heavy atom. The molecule has 3 aromatic rings. The van der Waals surface area contributed by atoms with Crippen LogP contribution in [0.2, 0.25) is 0 Å². The maximum atomic E-state index is 12.9. The number of nitrogens with two attached hydrogens (primary N) is 2. The zero-order valence-electron chi connectivity index (χ0n) is 12.7. The molecule has 124 valence electrons. The highest BCUT2D eigenvalue weighted by Crippen LogP contribution is 2.45. The van der Waals surface area contributed by atoms with Crippen molar-refractivity contribution in [2.24, 2.45) is 0 Å². The van der Waals surface area contributed by atoms with E-state index >= 15 is 0 Å². The van der Waals surface area contributed by atoms with Crippen molar-refractivity contribution in [3.05, 3.63) is 58.0 Å². The molecule has 0 spiro atoms. The molecule has 0 fully saturated rings. The van der Waals surface area contributed by atoms with Crippen LogP contribution in [0.1, 0.15) is 31.8 Å². The van der Waals surface area contributed by atoms with E-state index < -0.39 is 11.6 Å². The van der Waals surface area contributed by atoms with E-state index in [1.54, 1.807) is 12.1 Å². The molecule has 1 aromatic heterocycles. The highest BCUT2D eigenvalue weighted by atomic mass is 32.1. The Morgan fingerprint density at radius 2 is 1.52 bits per heavy atom. The molecular weight excluding hydrogens is 340 g/mol. The number of ketones is 2. The van der Waals surface area contributed by atoms with E-state index in [0.717, 1.165) is 0 Å². The van der Waals surface area contributed by atoms with Crippen molar-refractivity contribution in [2.75, 3.05) is 11.5 Å². The van der Waals surface area contributed by atoms with E-state index in [1.807, 2.05) is 5.38 Å². The van der Waals surface area contributed by atoms with Crippen LogP contribution in [-0.2, 0) is 0 Å². The molecule has 6 nitrogen and oxygen atoms in total. The second-order valence-electron chi connectivity index (χ2n) is 5.67. The van der Waals surface area contributed by atoms with Crippen molar-refractivity contribution < 1.29 is 19.8 Å². The van der Waals surface area contributed by atoms with Crippen LogP contribution >= 0.6 is 11.3 Å². The molecule has 7 heteroatoms. The molecule has 0 bridgehead atoms. The number of nitrogen functional groups attached to an aromatic ring is 2. The van der Waals surface area contributed by atoms with Crippen LogP contribution in [0.3, 0.4) is 0 Å². The van der Waals surface area contributed by atoms with Gasteiger partial charge in [0.1, 0.15) is 11.5 Å². The summed E-state index contributed by atoms with van der Waals surface area (Å²) in [6, 6.07) is 7.62. The summed E-state index contributed by atoms with van der Waals surface area (Å²) >= 11 is 1.36. The summed E-state index contributed by atoms with van der Waals surface area (Å²) in [6.45, 7) is 0. The van der Waals surface area contributed by atoms with Gasteiger partial charge in [0.15, 0.2) is 5.78 Å². The third-order valence-corrected chi connectivity index (χ3v) is 5.14. The molecular formula is C18H12N2O4S. The van der Waals surface area contributed by atoms with Gasteiger partial charge in [-0.2, -0.15) is 0 Å². The van der Waals surface area contributed by atoms with Gasteiger partial charge < -0.3 is 21.7 Å². The normalized spacial score (nSPS) is 12.8. The lowest BCUT2D eigenvalue weighted by molar-refractivity contribution is 0.0975. The first-order chi connectivity index (χ1) is 11.9. The molecule has 1 aliphatic rings. The quantitative estimate of drug-likeness (QED) is 0.308. The van der Waals surface area contributed by atoms with Crippen molar-refractivity contribution in [2.45, 2.75) is 0 Å². The minimum absolute atomic E-state index is 0.0676. The highest BCUT2D eigenvalue weighted by molar-refractivity contribution is 7.13. The summed E-state index contributed by atoms with van der Waals surface area (Å²) in [5, 5.41) is 22.6. The van der Waals surface area contributed by atoms with Gasteiger partial charge in [-0.05, 0) is 29.6 Å². The van der Waals surface area contributed by atoms with E-state index in [1.165, 1.54) is 29.5 Å². The third-order valence-electron chi connectivity index (χ3n) is 4.24. The van der Waals surface area contributed by atoms with Gasteiger partial charge in [0.05, 0.1) is 22.3 Å². The fraction of sp³-hybridized carbons (Fsp3) is 0. The number of fused-ring (bicyclic) bond motifs is 2. The zero-order chi connectivity index (χ0) is 17.9.